The molecule has 7 nitrogen and oxygen atoms in total. The Kier molecular flexibility index (Phi) is 4.90. The summed E-state index contributed by atoms with van der Waals surface area (Å²) < 4.78 is 7.44. The van der Waals surface area contributed by atoms with Crippen molar-refractivity contribution in [1.82, 2.24) is 19.4 Å². The molecule has 4 rings (SSSR count). The first-order valence-corrected chi connectivity index (χ1v) is 9.54. The predicted molar refractivity (Wildman–Crippen MR) is 109 cm³/mol. The molecule has 0 atom stereocenters. The van der Waals surface area contributed by atoms with Crippen molar-refractivity contribution in [1.29, 1.82) is 0 Å². The van der Waals surface area contributed by atoms with Gasteiger partial charge in [-0.15, -0.1) is 0 Å². The van der Waals surface area contributed by atoms with E-state index in [4.69, 9.17) is 4.74 Å². The number of benzene rings is 1. The number of ether oxygens (including phenoxy) is 1. The number of rotatable bonds is 4. The SMILES string of the molecule is COc1ccc2c(c1)c(C(=O)N1CCC(Nc3ncccn3)CC1)c(C)n2C. The summed E-state index contributed by atoms with van der Waals surface area (Å²) >= 11 is 0. The molecule has 1 aliphatic rings. The minimum atomic E-state index is 0.0887. The number of amides is 1. The Bertz CT molecular complexity index is 991. The first kappa shape index (κ1) is 18.3. The molecule has 0 unspecified atom stereocenters. The van der Waals surface area contributed by atoms with E-state index in [-0.39, 0.29) is 11.9 Å². The maximum atomic E-state index is 13.3. The molecule has 2 aromatic heterocycles. The predicted octanol–water partition coefficient (Wildman–Crippen LogP) is 3.00. The number of nitrogens with zero attached hydrogens (tertiary/aromatic N) is 4. The monoisotopic (exact) mass is 379 g/mol. The van der Waals surface area contributed by atoms with Crippen molar-refractivity contribution in [3.8, 4) is 5.75 Å². The smallest absolute Gasteiger partial charge is 0.256 e. The summed E-state index contributed by atoms with van der Waals surface area (Å²) in [7, 11) is 3.64. The zero-order valence-electron chi connectivity index (χ0n) is 16.5. The number of fused-ring (bicyclic) bond motifs is 1. The molecular formula is C21H25N5O2. The van der Waals surface area contributed by atoms with Gasteiger partial charge in [-0.3, -0.25) is 4.79 Å². The molecule has 1 aliphatic heterocycles. The summed E-state index contributed by atoms with van der Waals surface area (Å²) in [6, 6.07) is 7.97. The fourth-order valence-corrected chi connectivity index (χ4v) is 3.89. The van der Waals surface area contributed by atoms with Crippen molar-refractivity contribution in [2.75, 3.05) is 25.5 Å². The van der Waals surface area contributed by atoms with Gasteiger partial charge in [-0.05, 0) is 44.0 Å². The van der Waals surface area contributed by atoms with E-state index in [9.17, 15) is 4.79 Å². The van der Waals surface area contributed by atoms with E-state index >= 15 is 0 Å². The van der Waals surface area contributed by atoms with E-state index in [1.165, 1.54) is 0 Å². The molecule has 0 bridgehead atoms. The number of anilines is 1. The zero-order valence-corrected chi connectivity index (χ0v) is 16.5. The average Bonchev–Trinajstić information content (AvgIpc) is 2.98. The molecule has 28 heavy (non-hydrogen) atoms. The van der Waals surface area contributed by atoms with Gasteiger partial charge in [-0.1, -0.05) is 0 Å². The van der Waals surface area contributed by atoms with Crippen molar-refractivity contribution in [2.24, 2.45) is 7.05 Å². The van der Waals surface area contributed by atoms with Crippen LogP contribution >= 0.6 is 0 Å². The van der Waals surface area contributed by atoms with Crippen molar-refractivity contribution < 1.29 is 9.53 Å². The lowest BCUT2D eigenvalue weighted by atomic mass is 10.0. The van der Waals surface area contributed by atoms with Crippen LogP contribution in [0.1, 0.15) is 28.9 Å². The molecule has 0 saturated carbocycles. The second kappa shape index (κ2) is 7.50. The lowest BCUT2D eigenvalue weighted by Crippen LogP contribution is -2.42. The summed E-state index contributed by atoms with van der Waals surface area (Å²) in [5, 5.41) is 4.31. The first-order valence-electron chi connectivity index (χ1n) is 9.54. The van der Waals surface area contributed by atoms with E-state index in [0.717, 1.165) is 40.8 Å². The third-order valence-corrected chi connectivity index (χ3v) is 5.59. The molecule has 1 fully saturated rings. The van der Waals surface area contributed by atoms with Crippen LogP contribution < -0.4 is 10.1 Å². The highest BCUT2D eigenvalue weighted by Gasteiger charge is 2.28. The Hall–Kier alpha value is -3.09. The van der Waals surface area contributed by atoms with Crippen LogP contribution in [0.4, 0.5) is 5.95 Å². The van der Waals surface area contributed by atoms with Crippen LogP contribution in [0.5, 0.6) is 5.75 Å². The minimum Gasteiger partial charge on any atom is -0.497 e. The highest BCUT2D eigenvalue weighted by molar-refractivity contribution is 6.08. The van der Waals surface area contributed by atoms with E-state index in [0.29, 0.717) is 19.0 Å². The van der Waals surface area contributed by atoms with Gasteiger partial charge in [0, 0.05) is 55.2 Å². The summed E-state index contributed by atoms with van der Waals surface area (Å²) in [5.74, 6) is 1.49. The highest BCUT2D eigenvalue weighted by atomic mass is 16.5. The van der Waals surface area contributed by atoms with E-state index in [1.54, 1.807) is 25.6 Å². The fourth-order valence-electron chi connectivity index (χ4n) is 3.89. The average molecular weight is 379 g/mol. The van der Waals surface area contributed by atoms with Gasteiger partial charge in [-0.25, -0.2) is 9.97 Å². The molecule has 3 aromatic rings. The van der Waals surface area contributed by atoms with E-state index < -0.39 is 0 Å². The zero-order chi connectivity index (χ0) is 19.7. The quantitative estimate of drug-likeness (QED) is 0.754. The van der Waals surface area contributed by atoms with Gasteiger partial charge in [-0.2, -0.15) is 0 Å². The van der Waals surface area contributed by atoms with Gasteiger partial charge in [0.25, 0.3) is 5.91 Å². The van der Waals surface area contributed by atoms with Crippen LogP contribution in [0, 0.1) is 6.92 Å². The molecular weight excluding hydrogens is 354 g/mol. The number of carbonyl (C=O) groups excluding carboxylic acids is 1. The number of methoxy groups -OCH3 is 1. The molecule has 1 N–H and O–H groups in total. The number of piperidine rings is 1. The number of carbonyl (C=O) groups is 1. The maximum Gasteiger partial charge on any atom is 0.256 e. The summed E-state index contributed by atoms with van der Waals surface area (Å²) in [6.45, 7) is 3.42. The molecule has 1 aromatic carbocycles. The van der Waals surface area contributed by atoms with Gasteiger partial charge >= 0.3 is 0 Å². The van der Waals surface area contributed by atoms with E-state index in [1.807, 2.05) is 37.1 Å². The Morgan fingerprint density at radius 2 is 1.93 bits per heavy atom. The van der Waals surface area contributed by atoms with Crippen LogP contribution in [0.2, 0.25) is 0 Å². The molecule has 7 heteroatoms. The number of hydrogen-bond acceptors (Lipinski definition) is 5. The molecule has 0 spiro atoms. The lowest BCUT2D eigenvalue weighted by molar-refractivity contribution is 0.0719. The van der Waals surface area contributed by atoms with Crippen LogP contribution in [0.3, 0.4) is 0 Å². The van der Waals surface area contributed by atoms with Crippen LogP contribution in [0.25, 0.3) is 10.9 Å². The second-order valence-electron chi connectivity index (χ2n) is 7.19. The summed E-state index contributed by atoms with van der Waals surface area (Å²) in [6.07, 6.45) is 5.20. The molecule has 0 radical (unpaired) electrons. The standard InChI is InChI=1S/C21H25N5O2/c1-14-19(17-13-16(28-3)5-6-18(17)25(14)2)20(27)26-11-7-15(8-12-26)24-21-22-9-4-10-23-21/h4-6,9-10,13,15H,7-8,11-12H2,1-3H3,(H,22,23,24). The summed E-state index contributed by atoms with van der Waals surface area (Å²) in [4.78, 5) is 23.7. The Labute approximate surface area is 164 Å². The first-order chi connectivity index (χ1) is 13.6. The maximum absolute atomic E-state index is 13.3. The van der Waals surface area contributed by atoms with Gasteiger partial charge in [0.15, 0.2) is 0 Å². The molecule has 0 aliphatic carbocycles. The topological polar surface area (TPSA) is 72.3 Å². The van der Waals surface area contributed by atoms with E-state index in [2.05, 4.69) is 19.9 Å². The van der Waals surface area contributed by atoms with Gasteiger partial charge in [0.1, 0.15) is 5.75 Å². The van der Waals surface area contributed by atoms with Gasteiger partial charge in [0.05, 0.1) is 12.7 Å². The van der Waals surface area contributed by atoms with Crippen LogP contribution in [0.15, 0.2) is 36.7 Å². The Morgan fingerprint density at radius 3 is 2.61 bits per heavy atom. The van der Waals surface area contributed by atoms with Crippen molar-refractivity contribution in [3.63, 3.8) is 0 Å². The number of hydrogen-bond donors (Lipinski definition) is 1. The third-order valence-electron chi connectivity index (χ3n) is 5.59. The number of aromatic nitrogens is 3. The Balaban J connectivity index is 1.52. The van der Waals surface area contributed by atoms with Crippen LogP contribution in [-0.4, -0.2) is 51.6 Å². The third kappa shape index (κ3) is 3.28. The normalized spacial score (nSPS) is 15.0. The minimum absolute atomic E-state index is 0.0887. The summed E-state index contributed by atoms with van der Waals surface area (Å²) in [5.41, 5.74) is 2.79. The lowest BCUT2D eigenvalue weighted by Gasteiger charge is -2.32. The van der Waals surface area contributed by atoms with Crippen LogP contribution in [-0.2, 0) is 7.05 Å². The molecule has 3 heterocycles. The Morgan fingerprint density at radius 1 is 1.21 bits per heavy atom. The van der Waals surface area contributed by atoms with Crippen molar-refractivity contribution in [3.05, 3.63) is 47.9 Å². The van der Waals surface area contributed by atoms with Gasteiger partial charge in [0.2, 0.25) is 5.95 Å². The number of nitrogens with one attached hydrogen (secondary N) is 1. The van der Waals surface area contributed by atoms with Crippen molar-refractivity contribution in [2.45, 2.75) is 25.8 Å². The molecule has 1 saturated heterocycles. The second-order valence-corrected chi connectivity index (χ2v) is 7.19. The highest BCUT2D eigenvalue weighted by Crippen LogP contribution is 2.30. The van der Waals surface area contributed by atoms with Gasteiger partial charge < -0.3 is 19.5 Å². The number of aryl methyl sites for hydroxylation is 1. The number of likely N-dealkylation sites (tertiary alicyclic amines) is 1. The largest absolute Gasteiger partial charge is 0.497 e. The van der Waals surface area contributed by atoms with Crippen molar-refractivity contribution >= 4 is 22.8 Å². The molecule has 1 amide bonds. The fraction of sp³-hybridized carbons (Fsp3) is 0.381. The molecule has 146 valence electrons.